The highest BCUT2D eigenvalue weighted by atomic mass is 79.9. The third-order valence-electron chi connectivity index (χ3n) is 2.38. The van der Waals surface area contributed by atoms with Gasteiger partial charge in [0, 0.05) is 10.6 Å². The summed E-state index contributed by atoms with van der Waals surface area (Å²) in [7, 11) is 0. The normalized spacial score (nSPS) is 20.2. The van der Waals surface area contributed by atoms with Crippen molar-refractivity contribution in [3.63, 3.8) is 0 Å². The lowest BCUT2D eigenvalue weighted by atomic mass is 10.0. The van der Waals surface area contributed by atoms with Crippen molar-refractivity contribution in [3.8, 4) is 0 Å². The van der Waals surface area contributed by atoms with E-state index in [4.69, 9.17) is 39.5 Å². The van der Waals surface area contributed by atoms with Gasteiger partial charge >= 0.3 is 0 Å². The Morgan fingerprint density at radius 1 is 1.12 bits per heavy atom. The molecule has 0 saturated carbocycles. The van der Waals surface area contributed by atoms with Crippen LogP contribution in [0.2, 0.25) is 15.1 Å². The highest BCUT2D eigenvalue weighted by Crippen LogP contribution is 2.39. The molecule has 16 heavy (non-hydrogen) atoms. The van der Waals surface area contributed by atoms with Gasteiger partial charge in [0.1, 0.15) is 6.10 Å². The van der Waals surface area contributed by atoms with Crippen LogP contribution in [0.25, 0.3) is 0 Å². The number of rotatable bonds is 1. The zero-order chi connectivity index (χ0) is 11.7. The molecule has 1 aliphatic heterocycles. The quantitative estimate of drug-likeness (QED) is 0.592. The summed E-state index contributed by atoms with van der Waals surface area (Å²) in [5.74, 6) is 0. The molecule has 1 aromatic rings. The van der Waals surface area contributed by atoms with Gasteiger partial charge in [-0.25, -0.2) is 0 Å². The first-order valence-electron chi connectivity index (χ1n) is 4.74. The van der Waals surface area contributed by atoms with Crippen molar-refractivity contribution in [1.82, 2.24) is 0 Å². The Kier molecular flexibility index (Phi) is 4.06. The van der Waals surface area contributed by atoms with E-state index in [-0.39, 0.29) is 6.10 Å². The first kappa shape index (κ1) is 12.6. The molecule has 0 spiro atoms. The van der Waals surface area contributed by atoms with Crippen LogP contribution >= 0.6 is 50.7 Å². The van der Waals surface area contributed by atoms with Gasteiger partial charge in [-0.1, -0.05) is 34.8 Å². The number of allylic oxidation sites excluding steroid dienone is 1. The van der Waals surface area contributed by atoms with Gasteiger partial charge in [-0.2, -0.15) is 0 Å². The van der Waals surface area contributed by atoms with E-state index in [0.29, 0.717) is 15.1 Å². The molecule has 2 rings (SSSR count). The second kappa shape index (κ2) is 5.18. The van der Waals surface area contributed by atoms with Crippen molar-refractivity contribution < 1.29 is 4.74 Å². The standard InChI is InChI=1S/C11H8BrCl3O/c12-11-3-1-2-10(16-11)6-4-8(14)9(15)5-7(6)13/h3-5,10H,1-2H2. The molecule has 0 N–H and O–H groups in total. The lowest BCUT2D eigenvalue weighted by Crippen LogP contribution is -2.07. The van der Waals surface area contributed by atoms with Crippen LogP contribution in [0.5, 0.6) is 0 Å². The molecule has 0 radical (unpaired) electrons. The molecule has 5 heteroatoms. The molecule has 0 aromatic heterocycles. The molecule has 1 heterocycles. The molecule has 1 aromatic carbocycles. The molecule has 0 bridgehead atoms. The van der Waals surface area contributed by atoms with Crippen molar-refractivity contribution in [2.75, 3.05) is 0 Å². The first-order chi connectivity index (χ1) is 7.58. The minimum Gasteiger partial charge on any atom is -0.479 e. The summed E-state index contributed by atoms with van der Waals surface area (Å²) in [6.45, 7) is 0. The number of hydrogen-bond acceptors (Lipinski definition) is 1. The topological polar surface area (TPSA) is 9.23 Å². The molecule has 0 fully saturated rings. The Bertz CT molecular complexity index is 445. The number of benzene rings is 1. The van der Waals surface area contributed by atoms with E-state index in [2.05, 4.69) is 15.9 Å². The summed E-state index contributed by atoms with van der Waals surface area (Å²) < 4.78 is 6.38. The largest absolute Gasteiger partial charge is 0.479 e. The molecule has 86 valence electrons. The molecule has 1 aliphatic rings. The Hall–Kier alpha value is 0.110. The van der Waals surface area contributed by atoms with Crippen LogP contribution in [0, 0.1) is 0 Å². The van der Waals surface area contributed by atoms with E-state index in [1.54, 1.807) is 12.1 Å². The summed E-state index contributed by atoms with van der Waals surface area (Å²) in [5, 5.41) is 1.54. The molecular formula is C11H8BrCl3O. The van der Waals surface area contributed by atoms with Crippen molar-refractivity contribution in [2.24, 2.45) is 0 Å². The summed E-state index contributed by atoms with van der Waals surface area (Å²) in [6.07, 6.45) is 3.75. The molecule has 0 saturated heterocycles. The van der Waals surface area contributed by atoms with E-state index < -0.39 is 0 Å². The highest BCUT2D eigenvalue weighted by molar-refractivity contribution is 9.11. The molecule has 1 atom stereocenters. The Balaban J connectivity index is 2.34. The monoisotopic (exact) mass is 340 g/mol. The van der Waals surface area contributed by atoms with Gasteiger partial charge in [-0.05, 0) is 47.0 Å². The van der Waals surface area contributed by atoms with Crippen LogP contribution in [-0.4, -0.2) is 0 Å². The number of hydrogen-bond donors (Lipinski definition) is 0. The van der Waals surface area contributed by atoms with E-state index >= 15 is 0 Å². The fourth-order valence-corrected chi connectivity index (χ4v) is 2.73. The van der Waals surface area contributed by atoms with Crippen LogP contribution in [0.3, 0.4) is 0 Å². The fourth-order valence-electron chi connectivity index (χ4n) is 1.59. The van der Waals surface area contributed by atoms with Crippen LogP contribution in [-0.2, 0) is 4.74 Å². The Morgan fingerprint density at radius 2 is 1.81 bits per heavy atom. The molecule has 0 amide bonds. The number of ether oxygens (including phenoxy) is 1. The van der Waals surface area contributed by atoms with E-state index in [0.717, 1.165) is 23.1 Å². The first-order valence-corrected chi connectivity index (χ1v) is 6.67. The Labute approximate surface area is 117 Å². The van der Waals surface area contributed by atoms with Crippen molar-refractivity contribution in [2.45, 2.75) is 18.9 Å². The zero-order valence-corrected chi connectivity index (χ0v) is 12.0. The summed E-state index contributed by atoms with van der Waals surface area (Å²) in [6, 6.07) is 3.42. The molecule has 0 aliphatic carbocycles. The smallest absolute Gasteiger partial charge is 0.159 e. The predicted octanol–water partition coefficient (Wildman–Crippen LogP) is 5.73. The third-order valence-corrected chi connectivity index (χ3v) is 3.94. The van der Waals surface area contributed by atoms with Gasteiger partial charge < -0.3 is 4.74 Å². The van der Waals surface area contributed by atoms with E-state index in [1.807, 2.05) is 6.08 Å². The van der Waals surface area contributed by atoms with Crippen LogP contribution < -0.4 is 0 Å². The average molecular weight is 342 g/mol. The summed E-state index contributed by atoms with van der Waals surface area (Å²) >= 11 is 21.3. The minimum atomic E-state index is -0.0679. The summed E-state index contributed by atoms with van der Waals surface area (Å²) in [4.78, 5) is 0. The lowest BCUT2D eigenvalue weighted by molar-refractivity contribution is 0.118. The highest BCUT2D eigenvalue weighted by Gasteiger charge is 2.21. The van der Waals surface area contributed by atoms with Crippen molar-refractivity contribution in [1.29, 1.82) is 0 Å². The van der Waals surface area contributed by atoms with Crippen LogP contribution in [0.1, 0.15) is 24.5 Å². The Morgan fingerprint density at radius 3 is 2.50 bits per heavy atom. The molecule has 1 unspecified atom stereocenters. The third kappa shape index (κ3) is 2.67. The van der Waals surface area contributed by atoms with E-state index in [9.17, 15) is 0 Å². The molecule has 1 nitrogen and oxygen atoms in total. The van der Waals surface area contributed by atoms with Crippen molar-refractivity contribution in [3.05, 3.63) is 43.5 Å². The van der Waals surface area contributed by atoms with Gasteiger partial charge in [0.15, 0.2) is 4.67 Å². The fraction of sp³-hybridized carbons (Fsp3) is 0.273. The maximum Gasteiger partial charge on any atom is 0.159 e. The van der Waals surface area contributed by atoms with Gasteiger partial charge in [0.25, 0.3) is 0 Å². The van der Waals surface area contributed by atoms with Crippen molar-refractivity contribution >= 4 is 50.7 Å². The minimum absolute atomic E-state index is 0.0679. The lowest BCUT2D eigenvalue weighted by Gasteiger charge is -2.23. The SMILES string of the molecule is Clc1cc(Cl)c(C2CCC=C(Br)O2)cc1Cl. The zero-order valence-electron chi connectivity index (χ0n) is 8.14. The van der Waals surface area contributed by atoms with Gasteiger partial charge in [0.05, 0.1) is 10.0 Å². The predicted molar refractivity (Wildman–Crippen MR) is 71.5 cm³/mol. The maximum absolute atomic E-state index is 6.12. The van der Waals surface area contributed by atoms with Crippen LogP contribution in [0.4, 0.5) is 0 Å². The molecular weight excluding hydrogens is 334 g/mol. The van der Waals surface area contributed by atoms with Gasteiger partial charge in [-0.15, -0.1) is 0 Å². The average Bonchev–Trinajstić information content (AvgIpc) is 2.23. The van der Waals surface area contributed by atoms with Gasteiger partial charge in [0.2, 0.25) is 0 Å². The second-order valence-corrected chi connectivity index (χ2v) is 5.48. The number of halogens is 4. The second-order valence-electron chi connectivity index (χ2n) is 3.48. The maximum atomic E-state index is 6.12. The van der Waals surface area contributed by atoms with Gasteiger partial charge in [-0.3, -0.25) is 0 Å². The van der Waals surface area contributed by atoms with Crippen LogP contribution in [0.15, 0.2) is 22.9 Å². The van der Waals surface area contributed by atoms with E-state index in [1.165, 1.54) is 0 Å². The summed E-state index contributed by atoms with van der Waals surface area (Å²) in [5.41, 5.74) is 0.876.